The van der Waals surface area contributed by atoms with Crippen LogP contribution in [0.1, 0.15) is 0 Å². The summed E-state index contributed by atoms with van der Waals surface area (Å²) in [5.74, 6) is 0. The summed E-state index contributed by atoms with van der Waals surface area (Å²) in [7, 11) is 0. The lowest BCUT2D eigenvalue weighted by atomic mass is 10.8. The Morgan fingerprint density at radius 2 is 0.933 bits per heavy atom. The minimum atomic E-state index is -0.188. The monoisotopic (exact) mass is 238 g/mol. The summed E-state index contributed by atoms with van der Waals surface area (Å²) in [6.45, 7) is -0.373. The Morgan fingerprint density at radius 1 is 0.533 bits per heavy atom. The first-order valence-corrected chi connectivity index (χ1v) is 2.94. The third-order valence-corrected chi connectivity index (χ3v) is 0.546. The van der Waals surface area contributed by atoms with Crippen molar-refractivity contribution in [1.29, 1.82) is 0 Å². The normalized spacial score (nSPS) is 10.8. The zero-order valence-corrected chi connectivity index (χ0v) is 6.80. The second kappa shape index (κ2) is 13.5. The van der Waals surface area contributed by atoms with Gasteiger partial charge in [-0.05, 0) is 45.3 Å². The maximum atomic E-state index is 7.51. The predicted octanol–water partition coefficient (Wildman–Crippen LogP) is -0.650. The highest BCUT2D eigenvalue weighted by molar-refractivity contribution is 4.13. The summed E-state index contributed by atoms with van der Waals surface area (Å²) in [5, 5.41) is 45.6. The predicted molar refractivity (Wildman–Crippen MR) is 26.9 cm³/mol. The molecule has 13 nitrogen and oxygen atoms in total. The van der Waals surface area contributed by atoms with Gasteiger partial charge in [-0.1, -0.05) is 0 Å². The average Bonchev–Trinajstić information content (AvgIpc) is 2.26. The smallest absolute Gasteiger partial charge is 0.112 e. The fourth-order valence-electron chi connectivity index (χ4n) is 0.234. The largest absolute Gasteiger partial charge is 0.219 e. The van der Waals surface area contributed by atoms with Gasteiger partial charge in [-0.15, -0.1) is 0 Å². The molecule has 0 saturated heterocycles. The lowest BCUT2D eigenvalue weighted by Crippen LogP contribution is -2.07. The molecule has 0 aliphatic rings. The van der Waals surface area contributed by atoms with Crippen molar-refractivity contribution in [2.45, 2.75) is 0 Å². The Kier molecular flexibility index (Phi) is 13.0. The molecule has 0 unspecified atom stereocenters. The molecule has 2 N–H and O–H groups in total. The van der Waals surface area contributed by atoms with Gasteiger partial charge in [0.25, 0.3) is 0 Å². The van der Waals surface area contributed by atoms with Crippen molar-refractivity contribution >= 4 is 0 Å². The molecule has 15 heavy (non-hydrogen) atoms. The molecule has 0 aromatic heterocycles. The summed E-state index contributed by atoms with van der Waals surface area (Å²) < 4.78 is 0. The fraction of sp³-hybridized carbons (Fsp3) is 1.00. The van der Waals surface area contributed by atoms with Crippen LogP contribution in [0.2, 0.25) is 0 Å². The zero-order valence-electron chi connectivity index (χ0n) is 6.80. The first kappa shape index (κ1) is 14.5. The minimum absolute atomic E-state index is 0.185. The Morgan fingerprint density at radius 3 is 1.40 bits per heavy atom. The average molecular weight is 238 g/mol. The molecule has 0 fully saturated rings. The topological polar surface area (TPSA) is 142 Å². The minimum Gasteiger partial charge on any atom is -0.219 e. The van der Waals surface area contributed by atoms with Gasteiger partial charge in [0.05, 0.1) is 0 Å². The van der Waals surface area contributed by atoms with Gasteiger partial charge in [0, 0.05) is 0 Å². The molecule has 0 aliphatic heterocycles. The maximum Gasteiger partial charge on any atom is 0.112 e. The lowest BCUT2D eigenvalue weighted by Gasteiger charge is -2.00. The standard InChI is InChI=1S/C2H6O13/c3-7-11-13-9-5-1-2-6-10-14-15-12-8-4/h3-4H,1-2H2. The lowest BCUT2D eigenvalue weighted by molar-refractivity contribution is -0.788. The van der Waals surface area contributed by atoms with Crippen molar-refractivity contribution in [1.82, 2.24) is 0 Å². The van der Waals surface area contributed by atoms with Gasteiger partial charge in [-0.3, -0.25) is 0 Å². The summed E-state index contributed by atoms with van der Waals surface area (Å²) in [5.41, 5.74) is 0. The number of rotatable bonds is 12. The molecule has 0 amide bonds. The number of hydrogen-bond acceptors (Lipinski definition) is 13. The van der Waals surface area contributed by atoms with E-state index in [1.165, 1.54) is 0 Å². The molecule has 13 heteroatoms. The third kappa shape index (κ3) is 13.5. The second-order valence-electron chi connectivity index (χ2n) is 1.27. The summed E-state index contributed by atoms with van der Waals surface area (Å²) in [6.07, 6.45) is 0. The van der Waals surface area contributed by atoms with E-state index in [-0.39, 0.29) is 13.2 Å². The Labute approximate surface area is 80.2 Å². The highest BCUT2D eigenvalue weighted by atomic mass is 17.9. The van der Waals surface area contributed by atoms with E-state index in [0.717, 1.165) is 0 Å². The van der Waals surface area contributed by atoms with E-state index in [4.69, 9.17) is 10.5 Å². The molecule has 0 aromatic rings. The molecule has 0 bridgehead atoms. The van der Waals surface area contributed by atoms with E-state index in [2.05, 4.69) is 55.1 Å². The van der Waals surface area contributed by atoms with Gasteiger partial charge in [0.15, 0.2) is 0 Å². The van der Waals surface area contributed by atoms with E-state index in [0.29, 0.717) is 0 Å². The quantitative estimate of drug-likeness (QED) is 0.252. The highest BCUT2D eigenvalue weighted by Gasteiger charge is 1.95. The molecule has 0 spiro atoms. The fourth-order valence-corrected chi connectivity index (χ4v) is 0.234. The van der Waals surface area contributed by atoms with Crippen LogP contribution in [0.3, 0.4) is 0 Å². The highest BCUT2D eigenvalue weighted by Crippen LogP contribution is 1.87. The van der Waals surface area contributed by atoms with Crippen LogP contribution in [0.5, 0.6) is 0 Å². The molecular weight excluding hydrogens is 232 g/mol. The van der Waals surface area contributed by atoms with E-state index in [1.807, 2.05) is 0 Å². The van der Waals surface area contributed by atoms with Crippen molar-refractivity contribution in [2.75, 3.05) is 13.2 Å². The van der Waals surface area contributed by atoms with Crippen molar-refractivity contribution < 1.29 is 65.6 Å². The van der Waals surface area contributed by atoms with Crippen LogP contribution in [-0.2, 0) is 55.1 Å². The Bertz CT molecular complexity index is 92.7. The van der Waals surface area contributed by atoms with Crippen LogP contribution >= 0.6 is 0 Å². The number of hydrogen-bond donors (Lipinski definition) is 2. The summed E-state index contributed by atoms with van der Waals surface area (Å²) in [6, 6.07) is 0. The van der Waals surface area contributed by atoms with Crippen LogP contribution < -0.4 is 0 Å². The van der Waals surface area contributed by atoms with Gasteiger partial charge in [-0.25, -0.2) is 20.3 Å². The Hall–Kier alpha value is -0.520. The molecule has 0 atom stereocenters. The van der Waals surface area contributed by atoms with Gasteiger partial charge >= 0.3 is 0 Å². The van der Waals surface area contributed by atoms with Crippen LogP contribution in [0.15, 0.2) is 0 Å². The van der Waals surface area contributed by atoms with E-state index in [1.54, 1.807) is 0 Å². The van der Waals surface area contributed by atoms with Crippen molar-refractivity contribution in [2.24, 2.45) is 0 Å². The van der Waals surface area contributed by atoms with Gasteiger partial charge < -0.3 is 0 Å². The molecule has 0 aliphatic carbocycles. The molecule has 0 saturated carbocycles. The first-order valence-electron chi connectivity index (χ1n) is 2.94. The van der Waals surface area contributed by atoms with Crippen molar-refractivity contribution in [3.63, 3.8) is 0 Å². The van der Waals surface area contributed by atoms with Crippen molar-refractivity contribution in [3.05, 3.63) is 0 Å². The summed E-state index contributed by atoms with van der Waals surface area (Å²) >= 11 is 0. The zero-order chi connectivity index (χ0) is 11.2. The van der Waals surface area contributed by atoms with Crippen LogP contribution in [0, 0.1) is 0 Å². The molecule has 0 aromatic carbocycles. The van der Waals surface area contributed by atoms with Gasteiger partial charge in [-0.2, -0.15) is 0 Å². The SMILES string of the molecule is OOOOOOCCOOOOOOO. The van der Waals surface area contributed by atoms with Gasteiger partial charge in [0.2, 0.25) is 0 Å². The summed E-state index contributed by atoms with van der Waals surface area (Å²) in [4.78, 5) is 8.27. The molecule has 0 rings (SSSR count). The molecule has 0 radical (unpaired) electrons. The molecule has 0 heterocycles. The van der Waals surface area contributed by atoms with E-state index in [9.17, 15) is 0 Å². The maximum absolute atomic E-state index is 7.51. The van der Waals surface area contributed by atoms with E-state index < -0.39 is 0 Å². The van der Waals surface area contributed by atoms with Crippen LogP contribution in [0.25, 0.3) is 0 Å². The van der Waals surface area contributed by atoms with Gasteiger partial charge in [0.1, 0.15) is 13.2 Å². The van der Waals surface area contributed by atoms with E-state index >= 15 is 0 Å². The van der Waals surface area contributed by atoms with Crippen LogP contribution in [-0.4, -0.2) is 23.7 Å². The molecular formula is C2H6O13. The third-order valence-electron chi connectivity index (χ3n) is 0.546. The Balaban J connectivity index is 2.81. The van der Waals surface area contributed by atoms with Crippen LogP contribution in [0.4, 0.5) is 0 Å². The second-order valence-corrected chi connectivity index (χ2v) is 1.27. The first-order chi connectivity index (χ1) is 7.41. The van der Waals surface area contributed by atoms with Crippen molar-refractivity contribution in [3.8, 4) is 0 Å². The molecule has 92 valence electrons.